The highest BCUT2D eigenvalue weighted by Gasteiger charge is 2.72. The van der Waals surface area contributed by atoms with E-state index in [0.717, 1.165) is 19.3 Å². The fraction of sp³-hybridized carbons (Fsp3) is 0.846. The first kappa shape index (κ1) is 26.4. The van der Waals surface area contributed by atoms with Crippen LogP contribution in [-0.2, 0) is 28.5 Å². The van der Waals surface area contributed by atoms with Gasteiger partial charge >= 0.3 is 12.1 Å². The van der Waals surface area contributed by atoms with Crippen molar-refractivity contribution in [3.8, 4) is 0 Å². The summed E-state index contributed by atoms with van der Waals surface area (Å²) < 4.78 is 29.3. The maximum atomic E-state index is 13.1. The molecule has 0 aromatic heterocycles. The second-order valence-electron chi connectivity index (χ2n) is 10.7. The van der Waals surface area contributed by atoms with Crippen LogP contribution in [0, 0.1) is 5.92 Å². The number of allylic oxidation sites excluding steroid dienone is 1. The summed E-state index contributed by atoms with van der Waals surface area (Å²) in [6.07, 6.45) is 4.23. The average Bonchev–Trinajstić information content (AvgIpc) is 3.75. The molecule has 0 radical (unpaired) electrons. The van der Waals surface area contributed by atoms with Gasteiger partial charge in [-0.25, -0.2) is 4.79 Å². The van der Waals surface area contributed by atoms with Gasteiger partial charge in [-0.3, -0.25) is 9.69 Å². The number of hydrogen-bond acceptors (Lipinski definition) is 8. The first-order chi connectivity index (χ1) is 16.7. The molecule has 3 heterocycles. The van der Waals surface area contributed by atoms with Gasteiger partial charge in [0.15, 0.2) is 0 Å². The van der Waals surface area contributed by atoms with Crippen LogP contribution in [0.5, 0.6) is 0 Å². The van der Waals surface area contributed by atoms with Crippen LogP contribution in [0.15, 0.2) is 11.6 Å². The minimum Gasteiger partial charge on any atom is -0.466 e. The normalized spacial score (nSPS) is 36.5. The van der Waals surface area contributed by atoms with E-state index in [4.69, 9.17) is 23.7 Å². The molecule has 4 rings (SSSR count). The molecule has 3 saturated heterocycles. The van der Waals surface area contributed by atoms with Gasteiger partial charge < -0.3 is 28.6 Å². The molecule has 35 heavy (non-hydrogen) atoms. The molecule has 1 amide bonds. The fourth-order valence-corrected chi connectivity index (χ4v) is 5.91. The van der Waals surface area contributed by atoms with Gasteiger partial charge in [0.25, 0.3) is 0 Å². The van der Waals surface area contributed by atoms with E-state index in [0.29, 0.717) is 52.4 Å². The van der Waals surface area contributed by atoms with E-state index in [2.05, 4.69) is 31.7 Å². The van der Waals surface area contributed by atoms with Crippen molar-refractivity contribution in [1.82, 2.24) is 9.80 Å². The van der Waals surface area contributed by atoms with Crippen LogP contribution in [0.3, 0.4) is 0 Å². The molecular formula is C26H42N2O7. The van der Waals surface area contributed by atoms with E-state index in [1.165, 1.54) is 5.57 Å². The predicted octanol–water partition coefficient (Wildman–Crippen LogP) is 2.77. The van der Waals surface area contributed by atoms with Gasteiger partial charge in [-0.05, 0) is 47.0 Å². The van der Waals surface area contributed by atoms with Crippen molar-refractivity contribution in [2.24, 2.45) is 5.92 Å². The summed E-state index contributed by atoms with van der Waals surface area (Å²) in [6.45, 7) is 12.5. The average molecular weight is 495 g/mol. The largest absolute Gasteiger partial charge is 0.466 e. The van der Waals surface area contributed by atoms with Gasteiger partial charge in [0, 0.05) is 39.8 Å². The zero-order valence-corrected chi connectivity index (χ0v) is 21.9. The third-order valence-corrected chi connectivity index (χ3v) is 8.06. The summed E-state index contributed by atoms with van der Waals surface area (Å²) in [4.78, 5) is 28.6. The highest BCUT2D eigenvalue weighted by molar-refractivity contribution is 5.69. The van der Waals surface area contributed by atoms with E-state index < -0.39 is 0 Å². The minimum absolute atomic E-state index is 0.0156. The molecule has 4 aliphatic rings. The fourth-order valence-electron chi connectivity index (χ4n) is 5.91. The molecule has 1 spiro atoms. The first-order valence-electron chi connectivity index (χ1n) is 13.0. The lowest BCUT2D eigenvalue weighted by molar-refractivity contribution is -0.143. The highest BCUT2D eigenvalue weighted by atomic mass is 16.6. The van der Waals surface area contributed by atoms with Gasteiger partial charge in [-0.15, -0.1) is 0 Å². The summed E-state index contributed by atoms with van der Waals surface area (Å²) in [5, 5.41) is 0. The Morgan fingerprint density at radius 3 is 2.49 bits per heavy atom. The molecule has 6 atom stereocenters. The molecule has 1 aliphatic carbocycles. The predicted molar refractivity (Wildman–Crippen MR) is 129 cm³/mol. The monoisotopic (exact) mass is 494 g/mol. The quantitative estimate of drug-likeness (QED) is 0.274. The molecule has 0 aromatic rings. The number of amides is 1. The van der Waals surface area contributed by atoms with Crippen molar-refractivity contribution in [2.45, 2.75) is 82.9 Å². The Morgan fingerprint density at radius 1 is 1.17 bits per heavy atom. The lowest BCUT2D eigenvalue weighted by Crippen LogP contribution is -2.57. The van der Waals surface area contributed by atoms with Crippen molar-refractivity contribution >= 4 is 12.1 Å². The summed E-state index contributed by atoms with van der Waals surface area (Å²) in [7, 11) is 1.69. The SMILES string of the molecule is CCOC(=O)CCN1CCN(C(=O)O[C@@H]2CC[C@]3(CO3)[C@@H]([C@]3(C)O[C@H]3CC=C(C)C)[C@@H]2OC)CC1. The Bertz CT molecular complexity index is 802. The third kappa shape index (κ3) is 5.84. The van der Waals surface area contributed by atoms with Crippen LogP contribution < -0.4 is 0 Å². The number of carbonyl (C=O) groups is 2. The summed E-state index contributed by atoms with van der Waals surface area (Å²) in [5.41, 5.74) is 0.696. The summed E-state index contributed by atoms with van der Waals surface area (Å²) >= 11 is 0. The van der Waals surface area contributed by atoms with Gasteiger partial charge in [-0.2, -0.15) is 0 Å². The zero-order chi connectivity index (χ0) is 25.2. The van der Waals surface area contributed by atoms with E-state index in [9.17, 15) is 9.59 Å². The lowest BCUT2D eigenvalue weighted by Gasteiger charge is -2.43. The number of rotatable bonds is 9. The number of nitrogens with zero attached hydrogens (tertiary/aromatic N) is 2. The van der Waals surface area contributed by atoms with E-state index in [1.54, 1.807) is 12.0 Å². The molecule has 4 fully saturated rings. The number of epoxide rings is 2. The number of esters is 1. The molecule has 9 nitrogen and oxygen atoms in total. The van der Waals surface area contributed by atoms with E-state index in [-0.39, 0.29) is 47.5 Å². The van der Waals surface area contributed by atoms with Crippen LogP contribution in [-0.4, -0.2) is 104 Å². The van der Waals surface area contributed by atoms with Crippen molar-refractivity contribution in [1.29, 1.82) is 0 Å². The topological polar surface area (TPSA) is 93.4 Å². The smallest absolute Gasteiger partial charge is 0.410 e. The van der Waals surface area contributed by atoms with Crippen LogP contribution in [0.25, 0.3) is 0 Å². The lowest BCUT2D eigenvalue weighted by atomic mass is 9.68. The Balaban J connectivity index is 1.32. The number of ether oxygens (including phenoxy) is 5. The molecular weight excluding hydrogens is 452 g/mol. The summed E-state index contributed by atoms with van der Waals surface area (Å²) in [5.74, 6) is -0.164. The van der Waals surface area contributed by atoms with Crippen LogP contribution in [0.1, 0.15) is 53.4 Å². The van der Waals surface area contributed by atoms with E-state index >= 15 is 0 Å². The Kier molecular flexibility index (Phi) is 8.10. The second-order valence-corrected chi connectivity index (χ2v) is 10.7. The Morgan fingerprint density at radius 2 is 1.89 bits per heavy atom. The number of methoxy groups -OCH3 is 1. The molecule has 3 aliphatic heterocycles. The van der Waals surface area contributed by atoms with Crippen LogP contribution in [0.4, 0.5) is 4.79 Å². The highest BCUT2D eigenvalue weighted by Crippen LogP contribution is 2.59. The van der Waals surface area contributed by atoms with Crippen LogP contribution in [0.2, 0.25) is 0 Å². The van der Waals surface area contributed by atoms with Crippen molar-refractivity contribution in [3.63, 3.8) is 0 Å². The standard InChI is InChI=1S/C26H42N2O7/c1-6-32-21(29)10-12-27-13-15-28(16-14-27)24(30)34-19-9-11-26(17-33-26)23(22(19)31-5)25(4)20(35-25)8-7-18(2)3/h7,19-20,22-23H,6,8-17H2,1-5H3/t19-,20+,22-,23-,25-,26+/m1/s1. The molecule has 198 valence electrons. The van der Waals surface area contributed by atoms with Gasteiger partial charge in [0.1, 0.15) is 23.4 Å². The third-order valence-electron chi connectivity index (χ3n) is 8.06. The maximum Gasteiger partial charge on any atom is 0.410 e. The Hall–Kier alpha value is -1.68. The number of piperazine rings is 1. The second kappa shape index (κ2) is 10.7. The molecule has 0 unspecified atom stereocenters. The molecule has 0 aromatic carbocycles. The molecule has 0 N–H and O–H groups in total. The minimum atomic E-state index is -0.348. The maximum absolute atomic E-state index is 13.1. The molecule has 9 heteroatoms. The number of hydrogen-bond donors (Lipinski definition) is 0. The van der Waals surface area contributed by atoms with Gasteiger partial charge in [0.2, 0.25) is 0 Å². The van der Waals surface area contributed by atoms with Crippen molar-refractivity contribution < 1.29 is 33.3 Å². The molecule has 0 bridgehead atoms. The van der Waals surface area contributed by atoms with Gasteiger partial charge in [0.05, 0.1) is 31.7 Å². The van der Waals surface area contributed by atoms with Crippen molar-refractivity contribution in [3.05, 3.63) is 11.6 Å². The van der Waals surface area contributed by atoms with Crippen LogP contribution >= 0.6 is 0 Å². The van der Waals surface area contributed by atoms with Crippen molar-refractivity contribution in [2.75, 3.05) is 53.0 Å². The summed E-state index contributed by atoms with van der Waals surface area (Å²) in [6, 6.07) is 0. The molecule has 1 saturated carbocycles. The zero-order valence-electron chi connectivity index (χ0n) is 21.9. The Labute approximate surface area is 209 Å². The number of carbonyl (C=O) groups excluding carboxylic acids is 2. The first-order valence-corrected chi connectivity index (χ1v) is 13.0. The van der Waals surface area contributed by atoms with E-state index in [1.807, 2.05) is 6.92 Å². The van der Waals surface area contributed by atoms with Gasteiger partial charge in [-0.1, -0.05) is 11.6 Å².